The Bertz CT molecular complexity index is 278. The molecule has 0 unspecified atom stereocenters. The maximum Gasteiger partial charge on any atom is 0.265 e. The summed E-state index contributed by atoms with van der Waals surface area (Å²) in [6, 6.07) is 0.972. The summed E-state index contributed by atoms with van der Waals surface area (Å²) in [5.41, 5.74) is 4.97. The van der Waals surface area contributed by atoms with Crippen molar-refractivity contribution in [1.29, 1.82) is 0 Å². The van der Waals surface area contributed by atoms with Crippen molar-refractivity contribution in [1.82, 2.24) is 4.98 Å². The molecule has 12 heavy (non-hydrogen) atoms. The van der Waals surface area contributed by atoms with Gasteiger partial charge in [0.1, 0.15) is 5.75 Å². The lowest BCUT2D eigenvalue weighted by molar-refractivity contribution is 0.149. The van der Waals surface area contributed by atoms with Gasteiger partial charge >= 0.3 is 0 Å². The molecule has 0 amide bonds. The lowest BCUT2D eigenvalue weighted by Gasteiger charge is -2.05. The normalized spacial score (nSPS) is 10.7. The van der Waals surface area contributed by atoms with Gasteiger partial charge in [0, 0.05) is 12.1 Å². The molecule has 0 aliphatic rings. The van der Waals surface area contributed by atoms with Crippen LogP contribution in [0.1, 0.15) is 17.7 Å². The molecule has 1 aromatic heterocycles. The number of pyridine rings is 1. The maximum atomic E-state index is 12.2. The third-order valence-electron chi connectivity index (χ3n) is 1.42. The average molecular weight is 174 g/mol. The molecular formula is C7H8F2N2O. The predicted octanol–water partition coefficient (Wildman–Crippen LogP) is 1.18. The van der Waals surface area contributed by atoms with Crippen LogP contribution >= 0.6 is 0 Å². The summed E-state index contributed by atoms with van der Waals surface area (Å²) in [4.78, 5) is 3.56. The Hall–Kier alpha value is -1.23. The first kappa shape index (κ1) is 8.86. The van der Waals surface area contributed by atoms with Gasteiger partial charge < -0.3 is 10.8 Å². The van der Waals surface area contributed by atoms with Gasteiger partial charge in [-0.05, 0) is 6.07 Å². The molecule has 0 spiro atoms. The molecule has 3 N–H and O–H groups in total. The highest BCUT2D eigenvalue weighted by molar-refractivity contribution is 5.29. The molecule has 0 radical (unpaired) electrons. The topological polar surface area (TPSA) is 59.1 Å². The van der Waals surface area contributed by atoms with Gasteiger partial charge in [-0.2, -0.15) is 0 Å². The standard InChI is InChI=1S/C7H8F2N2O/c8-7(9)5-1-4(12)3-11-6(5)2-10/h1,3,7,12H,2,10H2. The predicted molar refractivity (Wildman–Crippen MR) is 38.8 cm³/mol. The minimum Gasteiger partial charge on any atom is -0.506 e. The van der Waals surface area contributed by atoms with Crippen molar-refractivity contribution in [2.75, 3.05) is 0 Å². The zero-order valence-corrected chi connectivity index (χ0v) is 6.17. The van der Waals surface area contributed by atoms with Gasteiger partial charge in [0.15, 0.2) is 0 Å². The number of nitrogens with zero attached hydrogens (tertiary/aromatic N) is 1. The third-order valence-corrected chi connectivity index (χ3v) is 1.42. The number of aromatic hydroxyl groups is 1. The van der Waals surface area contributed by atoms with Gasteiger partial charge in [0.2, 0.25) is 0 Å². The number of alkyl halides is 2. The lowest BCUT2D eigenvalue weighted by Crippen LogP contribution is -2.04. The SMILES string of the molecule is NCc1ncc(O)cc1C(F)F. The molecule has 0 saturated heterocycles. The van der Waals surface area contributed by atoms with Crippen LogP contribution in [-0.4, -0.2) is 10.1 Å². The number of hydrogen-bond donors (Lipinski definition) is 2. The van der Waals surface area contributed by atoms with E-state index in [1.807, 2.05) is 0 Å². The summed E-state index contributed by atoms with van der Waals surface area (Å²) < 4.78 is 24.4. The first-order chi connectivity index (χ1) is 5.65. The van der Waals surface area contributed by atoms with E-state index >= 15 is 0 Å². The van der Waals surface area contributed by atoms with Crippen molar-refractivity contribution in [2.45, 2.75) is 13.0 Å². The number of nitrogens with two attached hydrogens (primary N) is 1. The molecule has 0 aromatic carbocycles. The van der Waals surface area contributed by atoms with Crippen molar-refractivity contribution in [3.05, 3.63) is 23.5 Å². The fourth-order valence-corrected chi connectivity index (χ4v) is 0.858. The molecule has 66 valence electrons. The smallest absolute Gasteiger partial charge is 0.265 e. The first-order valence-corrected chi connectivity index (χ1v) is 3.31. The molecule has 0 aliphatic carbocycles. The van der Waals surface area contributed by atoms with Crippen LogP contribution in [0, 0.1) is 0 Å². The second-order valence-corrected chi connectivity index (χ2v) is 2.23. The second kappa shape index (κ2) is 3.44. The van der Waals surface area contributed by atoms with Gasteiger partial charge in [0.25, 0.3) is 6.43 Å². The van der Waals surface area contributed by atoms with Crippen LogP contribution in [-0.2, 0) is 6.54 Å². The summed E-state index contributed by atoms with van der Waals surface area (Å²) in [7, 11) is 0. The highest BCUT2D eigenvalue weighted by Crippen LogP contribution is 2.24. The summed E-state index contributed by atoms with van der Waals surface area (Å²) in [6.07, 6.45) is -1.56. The van der Waals surface area contributed by atoms with Gasteiger partial charge in [-0.15, -0.1) is 0 Å². The van der Waals surface area contributed by atoms with E-state index in [0.717, 1.165) is 12.3 Å². The first-order valence-electron chi connectivity index (χ1n) is 3.31. The summed E-state index contributed by atoms with van der Waals surface area (Å²) >= 11 is 0. The minimum absolute atomic E-state index is 0.0556. The zero-order chi connectivity index (χ0) is 9.14. The Kier molecular flexibility index (Phi) is 2.54. The second-order valence-electron chi connectivity index (χ2n) is 2.23. The summed E-state index contributed by atoms with van der Waals surface area (Å²) in [6.45, 7) is -0.0556. The lowest BCUT2D eigenvalue weighted by atomic mass is 10.2. The van der Waals surface area contributed by atoms with E-state index in [1.165, 1.54) is 0 Å². The molecule has 3 nitrogen and oxygen atoms in total. The largest absolute Gasteiger partial charge is 0.506 e. The Morgan fingerprint density at radius 2 is 2.25 bits per heavy atom. The van der Waals surface area contributed by atoms with Crippen LogP contribution < -0.4 is 5.73 Å². The van der Waals surface area contributed by atoms with Crippen LogP contribution in [0.3, 0.4) is 0 Å². The van der Waals surface area contributed by atoms with E-state index < -0.39 is 6.43 Å². The van der Waals surface area contributed by atoms with Crippen molar-refractivity contribution in [3.63, 3.8) is 0 Å². The summed E-state index contributed by atoms with van der Waals surface area (Å²) in [5.74, 6) is -0.275. The highest BCUT2D eigenvalue weighted by atomic mass is 19.3. The molecule has 1 aromatic rings. The van der Waals surface area contributed by atoms with E-state index in [2.05, 4.69) is 4.98 Å². The number of halogens is 2. The van der Waals surface area contributed by atoms with Crippen LogP contribution in [0.2, 0.25) is 0 Å². The van der Waals surface area contributed by atoms with Crippen LogP contribution in [0.15, 0.2) is 12.3 Å². The number of rotatable bonds is 2. The summed E-state index contributed by atoms with van der Waals surface area (Å²) in [5, 5.41) is 8.85. The van der Waals surface area contributed by atoms with E-state index in [-0.39, 0.29) is 23.6 Å². The van der Waals surface area contributed by atoms with Crippen LogP contribution in [0.5, 0.6) is 5.75 Å². The fraction of sp³-hybridized carbons (Fsp3) is 0.286. The van der Waals surface area contributed by atoms with Gasteiger partial charge in [0.05, 0.1) is 11.9 Å². The molecule has 0 saturated carbocycles. The van der Waals surface area contributed by atoms with E-state index in [1.54, 1.807) is 0 Å². The Morgan fingerprint density at radius 1 is 1.58 bits per heavy atom. The van der Waals surface area contributed by atoms with Crippen LogP contribution in [0.4, 0.5) is 8.78 Å². The molecule has 5 heteroatoms. The van der Waals surface area contributed by atoms with E-state index in [0.29, 0.717) is 0 Å². The van der Waals surface area contributed by atoms with Crippen molar-refractivity contribution in [2.24, 2.45) is 5.73 Å². The molecule has 0 bridgehead atoms. The Labute approximate surface area is 67.8 Å². The fourth-order valence-electron chi connectivity index (χ4n) is 0.858. The maximum absolute atomic E-state index is 12.2. The van der Waals surface area contributed by atoms with Crippen LogP contribution in [0.25, 0.3) is 0 Å². The van der Waals surface area contributed by atoms with Gasteiger partial charge in [-0.3, -0.25) is 4.98 Å². The zero-order valence-electron chi connectivity index (χ0n) is 6.17. The number of hydrogen-bond acceptors (Lipinski definition) is 3. The molecule has 0 fully saturated rings. The average Bonchev–Trinajstić information content (AvgIpc) is 2.04. The van der Waals surface area contributed by atoms with E-state index in [4.69, 9.17) is 10.8 Å². The molecule has 0 aliphatic heterocycles. The van der Waals surface area contributed by atoms with Gasteiger partial charge in [-0.25, -0.2) is 8.78 Å². The molecule has 1 rings (SSSR count). The number of aromatic nitrogens is 1. The monoisotopic (exact) mass is 174 g/mol. The third kappa shape index (κ3) is 1.68. The molecular weight excluding hydrogens is 166 g/mol. The highest BCUT2D eigenvalue weighted by Gasteiger charge is 2.13. The molecule has 1 heterocycles. The Balaban J connectivity index is 3.12. The van der Waals surface area contributed by atoms with Gasteiger partial charge in [-0.1, -0.05) is 0 Å². The minimum atomic E-state index is -2.65. The molecule has 0 atom stereocenters. The van der Waals surface area contributed by atoms with Crippen molar-refractivity contribution < 1.29 is 13.9 Å². The Morgan fingerprint density at radius 3 is 2.75 bits per heavy atom. The van der Waals surface area contributed by atoms with Crippen molar-refractivity contribution >= 4 is 0 Å². The quantitative estimate of drug-likeness (QED) is 0.707. The van der Waals surface area contributed by atoms with E-state index in [9.17, 15) is 8.78 Å². The van der Waals surface area contributed by atoms with Crippen molar-refractivity contribution in [3.8, 4) is 5.75 Å².